The van der Waals surface area contributed by atoms with Crippen LogP contribution in [0, 0.1) is 0 Å². The van der Waals surface area contributed by atoms with Crippen molar-refractivity contribution in [2.45, 2.75) is 13.0 Å². The highest BCUT2D eigenvalue weighted by molar-refractivity contribution is 7.15. The second-order valence-corrected chi connectivity index (χ2v) is 4.32. The molecule has 1 aromatic heterocycles. The molecule has 0 aliphatic heterocycles. The first kappa shape index (κ1) is 14.3. The zero-order valence-electron chi connectivity index (χ0n) is 10.3. The molecule has 0 aliphatic rings. The molecule has 0 radical (unpaired) electrons. The lowest BCUT2D eigenvalue weighted by Crippen LogP contribution is -2.06. The Hall–Kier alpha value is -0.760. The molecule has 0 saturated heterocycles. The summed E-state index contributed by atoms with van der Waals surface area (Å²) in [5.74, 6) is 0. The monoisotopic (exact) mass is 261 g/mol. The van der Waals surface area contributed by atoms with Crippen LogP contribution in [0.2, 0.25) is 0 Å². The Morgan fingerprint density at radius 3 is 2.65 bits per heavy atom. The fourth-order valence-corrected chi connectivity index (χ4v) is 1.73. The molecule has 17 heavy (non-hydrogen) atoms. The van der Waals surface area contributed by atoms with E-state index in [1.807, 2.05) is 7.05 Å². The summed E-state index contributed by atoms with van der Waals surface area (Å²) in [5.41, 5.74) is 0. The van der Waals surface area contributed by atoms with Gasteiger partial charge in [-0.2, -0.15) is 0 Å². The first-order chi connectivity index (χ1) is 8.36. The Bertz CT molecular complexity index is 296. The Kier molecular flexibility index (Phi) is 7.81. The average Bonchev–Trinajstić information content (AvgIpc) is 2.80. The fourth-order valence-electron chi connectivity index (χ4n) is 1.10. The van der Waals surface area contributed by atoms with E-state index in [4.69, 9.17) is 14.2 Å². The van der Waals surface area contributed by atoms with Gasteiger partial charge >= 0.3 is 0 Å². The molecule has 1 heterocycles. The number of hydrogen-bond acceptors (Lipinski definition) is 7. The molecular formula is C10H19N3O3S. The van der Waals surface area contributed by atoms with E-state index in [0.717, 1.165) is 23.2 Å². The molecule has 6 nitrogen and oxygen atoms in total. The van der Waals surface area contributed by atoms with Gasteiger partial charge in [-0.15, -0.1) is 10.2 Å². The number of anilines is 1. The van der Waals surface area contributed by atoms with Crippen molar-refractivity contribution in [2.75, 3.05) is 45.9 Å². The molecule has 0 saturated carbocycles. The van der Waals surface area contributed by atoms with Crippen LogP contribution >= 0.6 is 11.3 Å². The SMILES string of the molecule is CNc1nnc(COCCOCCCOC)s1. The van der Waals surface area contributed by atoms with Crippen molar-refractivity contribution < 1.29 is 14.2 Å². The summed E-state index contributed by atoms with van der Waals surface area (Å²) in [6, 6.07) is 0. The molecule has 0 unspecified atom stereocenters. The number of nitrogens with zero attached hydrogens (tertiary/aromatic N) is 2. The summed E-state index contributed by atoms with van der Waals surface area (Å²) in [5, 5.41) is 12.5. The molecule has 0 aromatic carbocycles. The van der Waals surface area contributed by atoms with E-state index in [9.17, 15) is 0 Å². The van der Waals surface area contributed by atoms with Crippen molar-refractivity contribution in [1.82, 2.24) is 10.2 Å². The lowest BCUT2D eigenvalue weighted by molar-refractivity contribution is 0.0335. The molecule has 0 aliphatic carbocycles. The van der Waals surface area contributed by atoms with Gasteiger partial charge in [0.05, 0.1) is 13.2 Å². The van der Waals surface area contributed by atoms with Gasteiger partial charge in [0.1, 0.15) is 11.6 Å². The van der Waals surface area contributed by atoms with Crippen molar-refractivity contribution in [3.05, 3.63) is 5.01 Å². The lowest BCUT2D eigenvalue weighted by Gasteiger charge is -2.03. The zero-order valence-corrected chi connectivity index (χ0v) is 11.1. The highest BCUT2D eigenvalue weighted by Gasteiger charge is 2.01. The number of nitrogens with one attached hydrogen (secondary N) is 1. The summed E-state index contributed by atoms with van der Waals surface area (Å²) >= 11 is 1.49. The first-order valence-electron chi connectivity index (χ1n) is 5.51. The first-order valence-corrected chi connectivity index (χ1v) is 6.33. The maximum Gasteiger partial charge on any atom is 0.205 e. The van der Waals surface area contributed by atoms with Crippen LogP contribution in [0.5, 0.6) is 0 Å². The van der Waals surface area contributed by atoms with E-state index in [2.05, 4.69) is 15.5 Å². The third-order valence-corrected chi connectivity index (χ3v) is 2.83. The van der Waals surface area contributed by atoms with Crippen molar-refractivity contribution in [3.63, 3.8) is 0 Å². The third kappa shape index (κ3) is 6.52. The van der Waals surface area contributed by atoms with Gasteiger partial charge in [-0.25, -0.2) is 0 Å². The highest BCUT2D eigenvalue weighted by atomic mass is 32.1. The number of aromatic nitrogens is 2. The summed E-state index contributed by atoms with van der Waals surface area (Å²) < 4.78 is 15.7. The predicted octanol–water partition coefficient (Wildman–Crippen LogP) is 1.15. The Balaban J connectivity index is 1.93. The van der Waals surface area contributed by atoms with Crippen LogP contribution in [0.4, 0.5) is 5.13 Å². The van der Waals surface area contributed by atoms with Crippen molar-refractivity contribution in [2.24, 2.45) is 0 Å². The molecule has 0 atom stereocenters. The molecule has 0 spiro atoms. The second kappa shape index (κ2) is 9.29. The summed E-state index contributed by atoms with van der Waals surface area (Å²) in [6.07, 6.45) is 0.915. The molecule has 0 bridgehead atoms. The third-order valence-electron chi connectivity index (χ3n) is 1.92. The van der Waals surface area contributed by atoms with Gasteiger partial charge in [0.25, 0.3) is 0 Å². The van der Waals surface area contributed by atoms with Gasteiger partial charge in [-0.05, 0) is 6.42 Å². The van der Waals surface area contributed by atoms with Crippen molar-refractivity contribution in [1.29, 1.82) is 0 Å². The normalized spacial score (nSPS) is 10.7. The number of methoxy groups -OCH3 is 1. The maximum atomic E-state index is 5.41. The lowest BCUT2D eigenvalue weighted by atomic mass is 10.5. The van der Waals surface area contributed by atoms with Gasteiger partial charge in [-0.3, -0.25) is 0 Å². The van der Waals surface area contributed by atoms with Crippen LogP contribution in [0.15, 0.2) is 0 Å². The van der Waals surface area contributed by atoms with Gasteiger partial charge < -0.3 is 19.5 Å². The summed E-state index contributed by atoms with van der Waals surface area (Å²) in [6.45, 7) is 3.10. The van der Waals surface area contributed by atoms with Crippen LogP contribution in [-0.4, -0.2) is 50.8 Å². The predicted molar refractivity (Wildman–Crippen MR) is 66.4 cm³/mol. The maximum absolute atomic E-state index is 5.41. The Morgan fingerprint density at radius 2 is 1.94 bits per heavy atom. The smallest absolute Gasteiger partial charge is 0.205 e. The van der Waals surface area contributed by atoms with Gasteiger partial charge in [0.15, 0.2) is 0 Å². The van der Waals surface area contributed by atoms with Crippen molar-refractivity contribution in [3.8, 4) is 0 Å². The van der Waals surface area contributed by atoms with Crippen LogP contribution in [0.1, 0.15) is 11.4 Å². The van der Waals surface area contributed by atoms with Crippen LogP contribution in [0.3, 0.4) is 0 Å². The fraction of sp³-hybridized carbons (Fsp3) is 0.800. The number of rotatable bonds is 10. The molecule has 1 rings (SSSR count). The molecule has 0 amide bonds. The summed E-state index contributed by atoms with van der Waals surface area (Å²) in [4.78, 5) is 0. The second-order valence-electron chi connectivity index (χ2n) is 3.26. The van der Waals surface area contributed by atoms with E-state index in [0.29, 0.717) is 26.4 Å². The Labute approximate surface area is 105 Å². The zero-order chi connectivity index (χ0) is 12.3. The van der Waals surface area contributed by atoms with Crippen LogP contribution in [-0.2, 0) is 20.8 Å². The number of ether oxygens (including phenoxy) is 3. The van der Waals surface area contributed by atoms with E-state index in [1.54, 1.807) is 7.11 Å². The van der Waals surface area contributed by atoms with E-state index in [-0.39, 0.29) is 0 Å². The standard InChI is InChI=1S/C10H19N3O3S/c1-11-10-13-12-9(17-10)8-16-7-6-15-5-3-4-14-2/h3-8H2,1-2H3,(H,11,13). The molecule has 7 heteroatoms. The van der Waals surface area contributed by atoms with Crippen LogP contribution < -0.4 is 5.32 Å². The minimum absolute atomic E-state index is 0.487. The minimum atomic E-state index is 0.487. The molecule has 98 valence electrons. The topological polar surface area (TPSA) is 65.5 Å². The van der Waals surface area contributed by atoms with E-state index < -0.39 is 0 Å². The van der Waals surface area contributed by atoms with Gasteiger partial charge in [0, 0.05) is 27.4 Å². The van der Waals surface area contributed by atoms with E-state index >= 15 is 0 Å². The van der Waals surface area contributed by atoms with Gasteiger partial charge in [-0.1, -0.05) is 11.3 Å². The highest BCUT2D eigenvalue weighted by Crippen LogP contribution is 2.14. The van der Waals surface area contributed by atoms with Crippen LogP contribution in [0.25, 0.3) is 0 Å². The van der Waals surface area contributed by atoms with Gasteiger partial charge in [0.2, 0.25) is 5.13 Å². The molecule has 1 aromatic rings. The molecule has 1 N–H and O–H groups in total. The molecule has 0 fully saturated rings. The van der Waals surface area contributed by atoms with Crippen molar-refractivity contribution >= 4 is 16.5 Å². The average molecular weight is 261 g/mol. The van der Waals surface area contributed by atoms with E-state index in [1.165, 1.54) is 11.3 Å². The Morgan fingerprint density at radius 1 is 1.12 bits per heavy atom. The minimum Gasteiger partial charge on any atom is -0.385 e. The number of hydrogen-bond donors (Lipinski definition) is 1. The quantitative estimate of drug-likeness (QED) is 0.637. The molecular weight excluding hydrogens is 242 g/mol. The largest absolute Gasteiger partial charge is 0.385 e. The summed E-state index contributed by atoms with van der Waals surface area (Å²) in [7, 11) is 3.50.